The van der Waals surface area contributed by atoms with Gasteiger partial charge in [0, 0.05) is 42.5 Å². The molecule has 0 aliphatic carbocycles. The van der Waals surface area contributed by atoms with E-state index in [1.807, 2.05) is 18.7 Å². The van der Waals surface area contributed by atoms with E-state index in [0.29, 0.717) is 23.9 Å². The summed E-state index contributed by atoms with van der Waals surface area (Å²) in [5, 5.41) is 5.18. The van der Waals surface area contributed by atoms with Crippen LogP contribution in [0, 0.1) is 11.6 Å². The van der Waals surface area contributed by atoms with Gasteiger partial charge in [-0.2, -0.15) is 4.99 Å². The van der Waals surface area contributed by atoms with Crippen molar-refractivity contribution in [2.24, 2.45) is 4.99 Å². The third kappa shape index (κ3) is 5.70. The van der Waals surface area contributed by atoms with E-state index in [1.165, 1.54) is 30.0 Å². The van der Waals surface area contributed by atoms with Gasteiger partial charge in [-0.15, -0.1) is 0 Å². The Labute approximate surface area is 188 Å². The van der Waals surface area contributed by atoms with Crippen LogP contribution in [0.2, 0.25) is 0 Å². The lowest BCUT2D eigenvalue weighted by Gasteiger charge is -2.19. The molecule has 10 heteroatoms. The van der Waals surface area contributed by atoms with E-state index >= 15 is 0 Å². The predicted molar refractivity (Wildman–Crippen MR) is 121 cm³/mol. The lowest BCUT2D eigenvalue weighted by atomic mass is 10.1. The number of halogens is 2. The van der Waals surface area contributed by atoms with Crippen molar-refractivity contribution in [1.82, 2.24) is 4.90 Å². The second-order valence-electron chi connectivity index (χ2n) is 6.93. The molecule has 0 radical (unpaired) electrons. The highest BCUT2D eigenvalue weighted by Gasteiger charge is 2.32. The van der Waals surface area contributed by atoms with Crippen molar-refractivity contribution in [3.63, 3.8) is 0 Å². The first-order valence-corrected chi connectivity index (χ1v) is 10.9. The number of amidine groups is 1. The number of nitrogens with zero attached hydrogens (tertiary/aromatic N) is 2. The van der Waals surface area contributed by atoms with Crippen LogP contribution in [0.1, 0.15) is 30.6 Å². The van der Waals surface area contributed by atoms with E-state index in [1.54, 1.807) is 12.1 Å². The normalized spacial score (nSPS) is 15.3. The minimum absolute atomic E-state index is 0.0525. The van der Waals surface area contributed by atoms with Gasteiger partial charge in [-0.05, 0) is 44.2 Å². The number of hydrogen-bond acceptors (Lipinski definition) is 5. The lowest BCUT2D eigenvalue weighted by Crippen LogP contribution is -2.27. The minimum atomic E-state index is -1.07. The molecule has 0 spiro atoms. The molecule has 0 aromatic heterocycles. The molecule has 3 rings (SSSR count). The van der Waals surface area contributed by atoms with Gasteiger partial charge in [0.15, 0.2) is 16.8 Å². The molecule has 0 bridgehead atoms. The summed E-state index contributed by atoms with van der Waals surface area (Å²) in [5.41, 5.74) is 0.684. The molecule has 168 valence electrons. The zero-order valence-electron chi connectivity index (χ0n) is 17.5. The van der Waals surface area contributed by atoms with Gasteiger partial charge in [0.05, 0.1) is 0 Å². The fourth-order valence-electron chi connectivity index (χ4n) is 3.03. The van der Waals surface area contributed by atoms with Crippen molar-refractivity contribution < 1.29 is 23.2 Å². The average Bonchev–Trinajstić information content (AvgIpc) is 3.11. The lowest BCUT2D eigenvalue weighted by molar-refractivity contribution is -0.121. The number of benzene rings is 2. The van der Waals surface area contributed by atoms with E-state index in [4.69, 9.17) is 0 Å². The van der Waals surface area contributed by atoms with Crippen molar-refractivity contribution in [3.05, 3.63) is 59.7 Å². The first-order valence-electron chi connectivity index (χ1n) is 10.0. The molecule has 0 saturated carbocycles. The molecule has 0 unspecified atom stereocenters. The standard InChI is InChI=1S/C22H22F2N4O3S/c1-3-28(4-2)22-27-21(31)18(32-22)12-19(29)25-14-7-5-6-13(10-14)20(30)26-15-8-9-16(23)17(24)11-15/h5-11,18H,3-4,12H2,1-2H3,(H,25,29)(H,26,30)/t18-/m1/s1. The van der Waals surface area contributed by atoms with Crippen LogP contribution in [0.25, 0.3) is 0 Å². The summed E-state index contributed by atoms with van der Waals surface area (Å²) in [6, 6.07) is 9.19. The van der Waals surface area contributed by atoms with E-state index < -0.39 is 22.8 Å². The Bertz CT molecular complexity index is 1070. The van der Waals surface area contributed by atoms with Crippen LogP contribution < -0.4 is 10.6 Å². The number of hydrogen-bond donors (Lipinski definition) is 2. The molecule has 2 aromatic carbocycles. The number of nitrogens with one attached hydrogen (secondary N) is 2. The first kappa shape index (κ1) is 23.4. The van der Waals surface area contributed by atoms with Gasteiger partial charge in [-0.3, -0.25) is 14.4 Å². The molecule has 7 nitrogen and oxygen atoms in total. The monoisotopic (exact) mass is 460 g/mol. The van der Waals surface area contributed by atoms with Crippen LogP contribution >= 0.6 is 11.8 Å². The van der Waals surface area contributed by atoms with Gasteiger partial charge in [0.1, 0.15) is 5.25 Å². The molecule has 1 aliphatic rings. The van der Waals surface area contributed by atoms with E-state index in [2.05, 4.69) is 15.6 Å². The van der Waals surface area contributed by atoms with Crippen molar-refractivity contribution in [2.75, 3.05) is 23.7 Å². The Morgan fingerprint density at radius 3 is 2.44 bits per heavy atom. The SMILES string of the molecule is CCN(CC)C1=NC(=O)[C@@H](CC(=O)Nc2cccc(C(=O)Nc3ccc(F)c(F)c3)c2)S1. The number of rotatable bonds is 7. The molecule has 0 fully saturated rings. The summed E-state index contributed by atoms with van der Waals surface area (Å²) in [6.07, 6.45) is -0.0525. The first-order chi connectivity index (χ1) is 15.3. The fraction of sp³-hybridized carbons (Fsp3) is 0.273. The van der Waals surface area contributed by atoms with Gasteiger partial charge in [0.2, 0.25) is 5.91 Å². The molecule has 2 aromatic rings. The van der Waals surface area contributed by atoms with E-state index in [-0.39, 0.29) is 29.5 Å². The third-order valence-corrected chi connectivity index (χ3v) is 5.93. The highest BCUT2D eigenvalue weighted by atomic mass is 32.2. The summed E-state index contributed by atoms with van der Waals surface area (Å²) in [7, 11) is 0. The zero-order chi connectivity index (χ0) is 23.3. The molecule has 1 heterocycles. The van der Waals surface area contributed by atoms with Crippen LogP contribution in [0.15, 0.2) is 47.5 Å². The second kappa shape index (κ2) is 10.4. The third-order valence-electron chi connectivity index (χ3n) is 4.72. The quantitative estimate of drug-likeness (QED) is 0.654. The van der Waals surface area contributed by atoms with E-state index in [9.17, 15) is 23.2 Å². The maximum absolute atomic E-state index is 13.3. The summed E-state index contributed by atoms with van der Waals surface area (Å²) in [4.78, 5) is 43.0. The maximum atomic E-state index is 13.3. The number of anilines is 2. The molecular formula is C22H22F2N4O3S. The molecule has 1 aliphatic heterocycles. The predicted octanol–water partition coefficient (Wildman–Crippen LogP) is 3.89. The summed E-state index contributed by atoms with van der Waals surface area (Å²) in [5.74, 6) is -3.36. The van der Waals surface area contributed by atoms with Crippen molar-refractivity contribution in [1.29, 1.82) is 0 Å². The molecular weight excluding hydrogens is 438 g/mol. The highest BCUT2D eigenvalue weighted by Crippen LogP contribution is 2.27. The molecule has 0 saturated heterocycles. The second-order valence-corrected chi connectivity index (χ2v) is 8.10. The van der Waals surface area contributed by atoms with Crippen LogP contribution in [0.4, 0.5) is 20.2 Å². The fourth-order valence-corrected chi connectivity index (χ4v) is 4.23. The van der Waals surface area contributed by atoms with Gasteiger partial charge in [0.25, 0.3) is 11.8 Å². The molecule has 3 amide bonds. The van der Waals surface area contributed by atoms with E-state index in [0.717, 1.165) is 12.1 Å². The number of aliphatic imine (C=N–C) groups is 1. The minimum Gasteiger partial charge on any atom is -0.352 e. The Morgan fingerprint density at radius 2 is 1.75 bits per heavy atom. The maximum Gasteiger partial charge on any atom is 0.262 e. The average molecular weight is 461 g/mol. The Balaban J connectivity index is 1.59. The summed E-state index contributed by atoms with van der Waals surface area (Å²) in [6.45, 7) is 5.36. The van der Waals surface area contributed by atoms with Gasteiger partial charge >= 0.3 is 0 Å². The Morgan fingerprint density at radius 1 is 1.03 bits per heavy atom. The van der Waals surface area contributed by atoms with Crippen LogP contribution in [-0.4, -0.2) is 46.1 Å². The molecule has 32 heavy (non-hydrogen) atoms. The number of thioether (sulfide) groups is 1. The number of amides is 3. The zero-order valence-corrected chi connectivity index (χ0v) is 18.3. The number of carbonyl (C=O) groups is 3. The van der Waals surface area contributed by atoms with Gasteiger partial charge in [-0.1, -0.05) is 17.8 Å². The summed E-state index contributed by atoms with van der Waals surface area (Å²) < 4.78 is 26.4. The smallest absolute Gasteiger partial charge is 0.262 e. The van der Waals surface area contributed by atoms with Crippen molar-refractivity contribution >= 4 is 46.0 Å². The topological polar surface area (TPSA) is 90.9 Å². The van der Waals surface area contributed by atoms with Crippen molar-refractivity contribution in [2.45, 2.75) is 25.5 Å². The van der Waals surface area contributed by atoms with Gasteiger partial charge in [-0.25, -0.2) is 8.78 Å². The number of carbonyl (C=O) groups excluding carboxylic acids is 3. The van der Waals surface area contributed by atoms with Crippen LogP contribution in [0.3, 0.4) is 0 Å². The molecule has 2 N–H and O–H groups in total. The largest absolute Gasteiger partial charge is 0.352 e. The van der Waals surface area contributed by atoms with Gasteiger partial charge < -0.3 is 15.5 Å². The van der Waals surface area contributed by atoms with Crippen molar-refractivity contribution in [3.8, 4) is 0 Å². The van der Waals surface area contributed by atoms with Crippen LogP contribution in [-0.2, 0) is 9.59 Å². The summed E-state index contributed by atoms with van der Waals surface area (Å²) >= 11 is 1.27. The highest BCUT2D eigenvalue weighted by molar-refractivity contribution is 8.15. The Kier molecular flexibility index (Phi) is 7.57. The molecule has 1 atom stereocenters. The van der Waals surface area contributed by atoms with Crippen LogP contribution in [0.5, 0.6) is 0 Å². The Hall–Kier alpha value is -3.27.